The van der Waals surface area contributed by atoms with Gasteiger partial charge < -0.3 is 21.0 Å². The zero-order valence-electron chi connectivity index (χ0n) is 12.2. The van der Waals surface area contributed by atoms with Gasteiger partial charge in [-0.2, -0.15) is 4.68 Å². The number of hydrogen-bond acceptors (Lipinski definition) is 5. The number of hydrogen-bond donors (Lipinski definition) is 2. The van der Waals surface area contributed by atoms with Crippen molar-refractivity contribution in [2.24, 2.45) is 5.73 Å². The molecule has 0 radical (unpaired) electrons. The van der Waals surface area contributed by atoms with Crippen LogP contribution in [0.4, 0.5) is 5.82 Å². The van der Waals surface area contributed by atoms with Crippen LogP contribution >= 0.6 is 0 Å². The average Bonchev–Trinajstić information content (AvgIpc) is 2.89. The van der Waals surface area contributed by atoms with Crippen LogP contribution in [0.1, 0.15) is 31.8 Å². The number of nitro groups is 1. The third-order valence-corrected chi connectivity index (χ3v) is 3.28. The number of aryl methyl sites for hydroxylation is 3. The van der Waals surface area contributed by atoms with E-state index in [2.05, 4.69) is 5.10 Å². The third kappa shape index (κ3) is 3.51. The van der Waals surface area contributed by atoms with Crippen LogP contribution in [0.15, 0.2) is 24.4 Å². The Labute approximate surface area is 130 Å². The average molecular weight is 318 g/mol. The molecule has 0 saturated heterocycles. The molecule has 0 fully saturated rings. The second kappa shape index (κ2) is 6.26. The van der Waals surface area contributed by atoms with Crippen molar-refractivity contribution in [1.82, 2.24) is 9.78 Å². The zero-order valence-corrected chi connectivity index (χ0v) is 12.2. The number of aromatic carboxylic acids is 1. The van der Waals surface area contributed by atoms with Crippen molar-refractivity contribution in [3.05, 3.63) is 56.8 Å². The minimum absolute atomic E-state index is 0.160. The SMILES string of the molecule is Cc1ccc(C(=O)O)c(CCn2cc(C(N)=O)c([N+](=O)[O-])n2)c1. The fraction of sp³-hybridized carbons (Fsp3) is 0.214. The summed E-state index contributed by atoms with van der Waals surface area (Å²) in [6, 6.07) is 4.93. The number of carbonyl (C=O) groups excluding carboxylic acids is 1. The van der Waals surface area contributed by atoms with Gasteiger partial charge >= 0.3 is 11.8 Å². The Bertz CT molecular complexity index is 765. The van der Waals surface area contributed by atoms with Gasteiger partial charge in [0.15, 0.2) is 5.56 Å². The minimum atomic E-state index is -1.05. The lowest BCUT2D eigenvalue weighted by molar-refractivity contribution is -0.390. The lowest BCUT2D eigenvalue weighted by Gasteiger charge is -2.06. The second-order valence-corrected chi connectivity index (χ2v) is 4.97. The number of nitrogens with two attached hydrogens (primary N) is 1. The summed E-state index contributed by atoms with van der Waals surface area (Å²) in [5, 5.41) is 23.7. The Kier molecular flexibility index (Phi) is 4.39. The maximum absolute atomic E-state index is 11.2. The number of carbonyl (C=O) groups is 2. The molecule has 0 aliphatic heterocycles. The first kappa shape index (κ1) is 16.1. The number of amides is 1. The molecular formula is C14H14N4O5. The third-order valence-electron chi connectivity index (χ3n) is 3.28. The zero-order chi connectivity index (χ0) is 17.1. The van der Waals surface area contributed by atoms with Gasteiger partial charge in [-0.15, -0.1) is 0 Å². The molecule has 1 amide bonds. The van der Waals surface area contributed by atoms with E-state index in [1.165, 1.54) is 16.9 Å². The van der Waals surface area contributed by atoms with E-state index in [9.17, 15) is 24.8 Å². The molecule has 9 nitrogen and oxygen atoms in total. The Balaban J connectivity index is 2.27. The summed E-state index contributed by atoms with van der Waals surface area (Å²) in [6.07, 6.45) is 1.48. The number of carboxylic acid groups (broad SMARTS) is 1. The molecule has 0 spiro atoms. The van der Waals surface area contributed by atoms with E-state index >= 15 is 0 Å². The number of primary amides is 1. The molecule has 0 aliphatic carbocycles. The fourth-order valence-corrected chi connectivity index (χ4v) is 2.21. The molecule has 2 aromatic rings. The monoisotopic (exact) mass is 318 g/mol. The molecule has 0 bridgehead atoms. The molecule has 0 saturated carbocycles. The van der Waals surface area contributed by atoms with E-state index in [0.29, 0.717) is 12.0 Å². The summed E-state index contributed by atoms with van der Waals surface area (Å²) >= 11 is 0. The standard InChI is InChI=1S/C14H14N4O5/c1-8-2-3-10(14(20)21)9(6-8)4-5-17-7-11(12(15)19)13(16-17)18(22)23/h2-3,6-7H,4-5H2,1H3,(H2,15,19)(H,20,21). The van der Waals surface area contributed by atoms with Gasteiger partial charge in [0.2, 0.25) is 0 Å². The Hall–Kier alpha value is -3.23. The largest absolute Gasteiger partial charge is 0.478 e. The predicted molar refractivity (Wildman–Crippen MR) is 79.2 cm³/mol. The molecule has 23 heavy (non-hydrogen) atoms. The first-order valence-electron chi connectivity index (χ1n) is 6.64. The van der Waals surface area contributed by atoms with Crippen molar-refractivity contribution < 1.29 is 19.6 Å². The van der Waals surface area contributed by atoms with Crippen LogP contribution in [-0.2, 0) is 13.0 Å². The number of aromatic nitrogens is 2. The first-order valence-corrected chi connectivity index (χ1v) is 6.64. The van der Waals surface area contributed by atoms with Gasteiger partial charge in [-0.3, -0.25) is 4.79 Å². The number of rotatable bonds is 6. The minimum Gasteiger partial charge on any atom is -0.478 e. The van der Waals surface area contributed by atoms with Gasteiger partial charge in [-0.05, 0) is 29.9 Å². The second-order valence-electron chi connectivity index (χ2n) is 4.97. The van der Waals surface area contributed by atoms with Gasteiger partial charge in [-0.1, -0.05) is 17.7 Å². The van der Waals surface area contributed by atoms with Crippen LogP contribution in [0.3, 0.4) is 0 Å². The highest BCUT2D eigenvalue weighted by atomic mass is 16.6. The van der Waals surface area contributed by atoms with E-state index < -0.39 is 22.6 Å². The van der Waals surface area contributed by atoms with Crippen molar-refractivity contribution in [3.63, 3.8) is 0 Å². The van der Waals surface area contributed by atoms with Gasteiger partial charge in [0, 0.05) is 0 Å². The quantitative estimate of drug-likeness (QED) is 0.604. The summed E-state index contributed by atoms with van der Waals surface area (Å²) < 4.78 is 1.21. The van der Waals surface area contributed by atoms with Gasteiger partial charge in [0.1, 0.15) is 0 Å². The summed E-state index contributed by atoms with van der Waals surface area (Å²) in [4.78, 5) is 32.5. The van der Waals surface area contributed by atoms with Crippen LogP contribution in [0.2, 0.25) is 0 Å². The summed E-state index contributed by atoms with van der Waals surface area (Å²) in [6.45, 7) is 2.01. The normalized spacial score (nSPS) is 10.5. The van der Waals surface area contributed by atoms with E-state index in [4.69, 9.17) is 5.73 Å². The molecule has 1 aromatic heterocycles. The molecule has 1 heterocycles. The highest BCUT2D eigenvalue weighted by Crippen LogP contribution is 2.17. The van der Waals surface area contributed by atoms with Crippen LogP contribution in [0.25, 0.3) is 0 Å². The van der Waals surface area contributed by atoms with Gasteiger partial charge in [-0.25, -0.2) is 4.79 Å². The maximum atomic E-state index is 11.2. The Morgan fingerprint density at radius 2 is 2.09 bits per heavy atom. The number of carboxylic acids is 1. The molecule has 3 N–H and O–H groups in total. The van der Waals surface area contributed by atoms with Gasteiger partial charge in [0.25, 0.3) is 5.91 Å². The molecule has 2 rings (SSSR count). The van der Waals surface area contributed by atoms with E-state index in [1.54, 1.807) is 12.1 Å². The van der Waals surface area contributed by atoms with Crippen molar-refractivity contribution in [2.45, 2.75) is 19.9 Å². The number of benzene rings is 1. The van der Waals surface area contributed by atoms with Crippen LogP contribution in [0.5, 0.6) is 0 Å². The molecule has 9 heteroatoms. The first-order chi connectivity index (χ1) is 10.8. The van der Waals surface area contributed by atoms with Crippen molar-refractivity contribution in [2.75, 3.05) is 0 Å². The summed E-state index contributed by atoms with van der Waals surface area (Å²) in [7, 11) is 0. The summed E-state index contributed by atoms with van der Waals surface area (Å²) in [5.74, 6) is -2.60. The lowest BCUT2D eigenvalue weighted by atomic mass is 10.0. The number of nitrogens with zero attached hydrogens (tertiary/aromatic N) is 3. The van der Waals surface area contributed by atoms with Crippen molar-refractivity contribution in [3.8, 4) is 0 Å². The molecule has 120 valence electrons. The summed E-state index contributed by atoms with van der Waals surface area (Å²) in [5.41, 5.74) is 6.44. The Morgan fingerprint density at radius 1 is 1.39 bits per heavy atom. The molecule has 0 atom stereocenters. The lowest BCUT2D eigenvalue weighted by Crippen LogP contribution is -2.12. The van der Waals surface area contributed by atoms with Crippen molar-refractivity contribution >= 4 is 17.7 Å². The highest BCUT2D eigenvalue weighted by molar-refractivity contribution is 5.95. The fourth-order valence-electron chi connectivity index (χ4n) is 2.21. The smallest absolute Gasteiger partial charge is 0.402 e. The maximum Gasteiger partial charge on any atom is 0.402 e. The Morgan fingerprint density at radius 3 is 2.61 bits per heavy atom. The molecular weight excluding hydrogens is 304 g/mol. The van der Waals surface area contributed by atoms with Crippen molar-refractivity contribution in [1.29, 1.82) is 0 Å². The van der Waals surface area contributed by atoms with Gasteiger partial charge in [0.05, 0.1) is 23.4 Å². The predicted octanol–water partition coefficient (Wildman–Crippen LogP) is 1.14. The van der Waals surface area contributed by atoms with E-state index in [-0.39, 0.29) is 17.7 Å². The van der Waals surface area contributed by atoms with E-state index in [0.717, 1.165) is 5.56 Å². The van der Waals surface area contributed by atoms with Crippen LogP contribution < -0.4 is 5.73 Å². The van der Waals surface area contributed by atoms with Crippen LogP contribution in [0, 0.1) is 17.0 Å². The highest BCUT2D eigenvalue weighted by Gasteiger charge is 2.24. The topological polar surface area (TPSA) is 141 Å². The molecule has 0 unspecified atom stereocenters. The molecule has 0 aliphatic rings. The van der Waals surface area contributed by atoms with Crippen LogP contribution in [-0.4, -0.2) is 31.7 Å². The van der Waals surface area contributed by atoms with E-state index in [1.807, 2.05) is 6.92 Å². The molecule has 1 aromatic carbocycles.